The summed E-state index contributed by atoms with van der Waals surface area (Å²) in [6.45, 7) is 0. The minimum atomic E-state index is -0.414. The van der Waals surface area contributed by atoms with Gasteiger partial charge in [0.05, 0.1) is 18.2 Å². The highest BCUT2D eigenvalue weighted by Gasteiger charge is 2.15. The van der Waals surface area contributed by atoms with E-state index in [2.05, 4.69) is 15.6 Å². The molecule has 0 radical (unpaired) electrons. The van der Waals surface area contributed by atoms with Crippen molar-refractivity contribution in [2.45, 2.75) is 0 Å². The van der Waals surface area contributed by atoms with Gasteiger partial charge in [0.15, 0.2) is 10.7 Å². The van der Waals surface area contributed by atoms with Gasteiger partial charge in [0, 0.05) is 5.69 Å². The zero-order valence-electron chi connectivity index (χ0n) is 15.8. The number of methoxy groups -OCH3 is 1. The average Bonchev–Trinajstić information content (AvgIpc) is 3.17. The van der Waals surface area contributed by atoms with Crippen molar-refractivity contribution < 1.29 is 18.3 Å². The summed E-state index contributed by atoms with van der Waals surface area (Å²) in [4.78, 5) is 16.8. The van der Waals surface area contributed by atoms with Gasteiger partial charge in [-0.25, -0.2) is 9.37 Å². The van der Waals surface area contributed by atoms with Crippen LogP contribution in [-0.4, -0.2) is 23.1 Å². The van der Waals surface area contributed by atoms with Crippen LogP contribution in [0.5, 0.6) is 5.75 Å². The number of thiocarbonyl (C=S) groups is 1. The van der Waals surface area contributed by atoms with E-state index in [-0.39, 0.29) is 16.6 Å². The normalized spacial score (nSPS) is 10.6. The SMILES string of the molecule is COc1ccccc1C(=O)NC(=S)Nc1ccc2oc(-c3ccccc3F)nc2c1. The third-order valence-corrected chi connectivity index (χ3v) is 4.53. The lowest BCUT2D eigenvalue weighted by Crippen LogP contribution is -2.34. The molecule has 0 saturated carbocycles. The van der Waals surface area contributed by atoms with Gasteiger partial charge in [0.25, 0.3) is 5.91 Å². The van der Waals surface area contributed by atoms with Gasteiger partial charge in [0.2, 0.25) is 5.89 Å². The minimum absolute atomic E-state index is 0.114. The molecule has 0 unspecified atom stereocenters. The number of anilines is 1. The molecule has 4 rings (SSSR count). The van der Waals surface area contributed by atoms with Gasteiger partial charge in [-0.15, -0.1) is 0 Å². The van der Waals surface area contributed by atoms with Crippen LogP contribution in [0.1, 0.15) is 10.4 Å². The number of hydrogen-bond donors (Lipinski definition) is 2. The van der Waals surface area contributed by atoms with E-state index in [1.165, 1.54) is 13.2 Å². The van der Waals surface area contributed by atoms with Gasteiger partial charge in [-0.05, 0) is 54.7 Å². The summed E-state index contributed by atoms with van der Waals surface area (Å²) < 4.78 is 24.8. The summed E-state index contributed by atoms with van der Waals surface area (Å²) in [7, 11) is 1.49. The molecule has 0 aliphatic carbocycles. The number of carbonyl (C=O) groups is 1. The maximum atomic E-state index is 14.0. The molecule has 4 aromatic rings. The van der Waals surface area contributed by atoms with Crippen LogP contribution in [-0.2, 0) is 0 Å². The number of para-hydroxylation sites is 1. The molecular weight excluding hydrogens is 405 g/mol. The predicted octanol–water partition coefficient (Wildman–Crippen LogP) is 4.77. The summed E-state index contributed by atoms with van der Waals surface area (Å²) >= 11 is 5.24. The highest BCUT2D eigenvalue weighted by atomic mass is 32.1. The van der Waals surface area contributed by atoms with E-state index in [0.717, 1.165) is 0 Å². The number of fused-ring (bicyclic) bond motifs is 1. The maximum Gasteiger partial charge on any atom is 0.261 e. The summed E-state index contributed by atoms with van der Waals surface area (Å²) in [6.07, 6.45) is 0. The molecular formula is C22H16FN3O3S. The topological polar surface area (TPSA) is 76.4 Å². The molecule has 0 bridgehead atoms. The van der Waals surface area contributed by atoms with Crippen LogP contribution >= 0.6 is 12.2 Å². The molecule has 0 aliphatic heterocycles. The molecule has 2 N–H and O–H groups in total. The molecule has 150 valence electrons. The van der Waals surface area contributed by atoms with Crippen molar-refractivity contribution in [3.8, 4) is 17.2 Å². The number of rotatable bonds is 4. The number of nitrogens with one attached hydrogen (secondary N) is 2. The Hall–Kier alpha value is -3.78. The number of oxazole rings is 1. The lowest BCUT2D eigenvalue weighted by Gasteiger charge is -2.11. The van der Waals surface area contributed by atoms with Crippen molar-refractivity contribution >= 4 is 40.0 Å². The van der Waals surface area contributed by atoms with Crippen LogP contribution in [0, 0.1) is 5.82 Å². The standard InChI is InChI=1S/C22H16FN3O3S/c1-28-18-9-5-3-7-15(18)20(27)26-22(30)24-13-10-11-19-17(12-13)25-21(29-19)14-6-2-4-8-16(14)23/h2-12H,1H3,(H2,24,26,27,30). The zero-order chi connectivity index (χ0) is 21.1. The Kier molecular flexibility index (Phi) is 5.40. The lowest BCUT2D eigenvalue weighted by molar-refractivity contribution is 0.0975. The summed E-state index contributed by atoms with van der Waals surface area (Å²) in [5, 5.41) is 5.66. The highest BCUT2D eigenvalue weighted by molar-refractivity contribution is 7.80. The summed E-state index contributed by atoms with van der Waals surface area (Å²) in [6, 6.07) is 18.2. The fraction of sp³-hybridized carbons (Fsp3) is 0.0455. The molecule has 0 aliphatic rings. The summed E-state index contributed by atoms with van der Waals surface area (Å²) in [5.41, 5.74) is 2.27. The van der Waals surface area contributed by atoms with E-state index in [4.69, 9.17) is 21.4 Å². The molecule has 6 nitrogen and oxygen atoms in total. The fourth-order valence-corrected chi connectivity index (χ4v) is 3.13. The van der Waals surface area contributed by atoms with Gasteiger partial charge >= 0.3 is 0 Å². The van der Waals surface area contributed by atoms with Crippen molar-refractivity contribution in [1.82, 2.24) is 10.3 Å². The Morgan fingerprint density at radius 2 is 1.87 bits per heavy atom. The molecule has 0 fully saturated rings. The van der Waals surface area contributed by atoms with E-state index >= 15 is 0 Å². The number of hydrogen-bond acceptors (Lipinski definition) is 5. The molecule has 1 heterocycles. The van der Waals surface area contributed by atoms with Crippen molar-refractivity contribution in [3.05, 3.63) is 78.1 Å². The van der Waals surface area contributed by atoms with Crippen LogP contribution in [0.25, 0.3) is 22.6 Å². The molecule has 30 heavy (non-hydrogen) atoms. The van der Waals surface area contributed by atoms with Crippen molar-refractivity contribution in [2.75, 3.05) is 12.4 Å². The van der Waals surface area contributed by atoms with E-state index in [1.807, 2.05) is 0 Å². The van der Waals surface area contributed by atoms with Crippen LogP contribution in [0.15, 0.2) is 71.1 Å². The van der Waals surface area contributed by atoms with Crippen LogP contribution < -0.4 is 15.4 Å². The molecule has 1 amide bonds. The third kappa shape index (κ3) is 3.99. The second-order valence-electron chi connectivity index (χ2n) is 6.29. The number of carbonyl (C=O) groups excluding carboxylic acids is 1. The van der Waals surface area contributed by atoms with Crippen LogP contribution in [0.3, 0.4) is 0 Å². The van der Waals surface area contributed by atoms with Gasteiger partial charge in [-0.2, -0.15) is 0 Å². The van der Waals surface area contributed by atoms with E-state index in [0.29, 0.717) is 28.1 Å². The van der Waals surface area contributed by atoms with Crippen molar-refractivity contribution in [2.24, 2.45) is 0 Å². The average molecular weight is 421 g/mol. The Labute approximate surface area is 176 Å². The molecule has 0 spiro atoms. The van der Waals surface area contributed by atoms with Crippen LogP contribution in [0.4, 0.5) is 10.1 Å². The lowest BCUT2D eigenvalue weighted by atomic mass is 10.2. The first-order chi connectivity index (χ1) is 14.5. The summed E-state index contributed by atoms with van der Waals surface area (Å²) in [5.74, 6) is -0.174. The second-order valence-corrected chi connectivity index (χ2v) is 6.70. The first-order valence-electron chi connectivity index (χ1n) is 8.96. The van der Waals surface area contributed by atoms with Gasteiger partial charge in [-0.3, -0.25) is 10.1 Å². The fourth-order valence-electron chi connectivity index (χ4n) is 2.92. The molecule has 0 saturated heterocycles. The Bertz CT molecular complexity index is 1260. The van der Waals surface area contributed by atoms with E-state index in [9.17, 15) is 9.18 Å². The van der Waals surface area contributed by atoms with Gasteiger partial charge in [-0.1, -0.05) is 24.3 Å². The Balaban J connectivity index is 1.50. The van der Waals surface area contributed by atoms with Gasteiger partial charge < -0.3 is 14.5 Å². The van der Waals surface area contributed by atoms with E-state index in [1.54, 1.807) is 60.7 Å². The Morgan fingerprint density at radius 1 is 1.10 bits per heavy atom. The van der Waals surface area contributed by atoms with Crippen molar-refractivity contribution in [1.29, 1.82) is 0 Å². The predicted molar refractivity (Wildman–Crippen MR) is 116 cm³/mol. The molecule has 8 heteroatoms. The first-order valence-corrected chi connectivity index (χ1v) is 9.37. The smallest absolute Gasteiger partial charge is 0.261 e. The number of halogens is 1. The zero-order valence-corrected chi connectivity index (χ0v) is 16.6. The third-order valence-electron chi connectivity index (χ3n) is 4.33. The molecule has 1 aromatic heterocycles. The number of nitrogens with zero attached hydrogens (tertiary/aromatic N) is 1. The van der Waals surface area contributed by atoms with Crippen LogP contribution in [0.2, 0.25) is 0 Å². The van der Waals surface area contributed by atoms with E-state index < -0.39 is 11.7 Å². The molecule has 3 aromatic carbocycles. The monoisotopic (exact) mass is 421 g/mol. The van der Waals surface area contributed by atoms with Gasteiger partial charge in [0.1, 0.15) is 17.1 Å². The van der Waals surface area contributed by atoms with Crippen molar-refractivity contribution in [3.63, 3.8) is 0 Å². The first kappa shape index (κ1) is 19.5. The highest BCUT2D eigenvalue weighted by Crippen LogP contribution is 2.27. The number of amides is 1. The number of ether oxygens (including phenoxy) is 1. The molecule has 0 atom stereocenters. The second kappa shape index (κ2) is 8.30. The number of benzene rings is 3. The largest absolute Gasteiger partial charge is 0.496 e. The Morgan fingerprint density at radius 3 is 2.67 bits per heavy atom. The number of aromatic nitrogens is 1. The maximum absolute atomic E-state index is 14.0. The minimum Gasteiger partial charge on any atom is -0.496 e. The quantitative estimate of drug-likeness (QED) is 0.463.